The molecule has 4 rings (SSSR count). The first-order valence-electron chi connectivity index (χ1n) is 10.6. The zero-order chi connectivity index (χ0) is 20.4. The summed E-state index contributed by atoms with van der Waals surface area (Å²) in [5, 5.41) is 6.34. The van der Waals surface area contributed by atoms with E-state index in [1.807, 2.05) is 43.3 Å². The Morgan fingerprint density at radius 1 is 0.966 bits per heavy atom. The van der Waals surface area contributed by atoms with E-state index in [-0.39, 0.29) is 11.9 Å². The molecular formula is C24H30N2O3. The average molecular weight is 395 g/mol. The highest BCUT2D eigenvalue weighted by molar-refractivity contribution is 5.97. The second-order valence-electron chi connectivity index (χ2n) is 8.43. The summed E-state index contributed by atoms with van der Waals surface area (Å²) in [6, 6.07) is 13.4. The molecule has 1 atom stereocenters. The monoisotopic (exact) mass is 394 g/mol. The lowest BCUT2D eigenvalue weighted by molar-refractivity contribution is -0.116. The summed E-state index contributed by atoms with van der Waals surface area (Å²) in [5.41, 5.74) is 2.85. The number of hydrogen-bond donors (Lipinski definition) is 2. The van der Waals surface area contributed by atoms with E-state index in [0.717, 1.165) is 54.1 Å². The van der Waals surface area contributed by atoms with Crippen molar-refractivity contribution in [3.8, 4) is 11.5 Å². The minimum Gasteiger partial charge on any atom is -0.448 e. The molecule has 0 bridgehead atoms. The molecule has 2 aromatic rings. The molecule has 1 amide bonds. The van der Waals surface area contributed by atoms with Crippen molar-refractivity contribution in [3.05, 3.63) is 48.0 Å². The normalized spacial score (nSPS) is 17.9. The molecule has 2 aliphatic rings. The number of benzene rings is 2. The van der Waals surface area contributed by atoms with Crippen LogP contribution in [0.3, 0.4) is 0 Å². The van der Waals surface area contributed by atoms with Crippen LogP contribution in [0.4, 0.5) is 11.4 Å². The molecule has 29 heavy (non-hydrogen) atoms. The van der Waals surface area contributed by atoms with E-state index in [0.29, 0.717) is 5.92 Å². The Morgan fingerprint density at radius 3 is 2.45 bits per heavy atom. The van der Waals surface area contributed by atoms with Gasteiger partial charge in [-0.3, -0.25) is 4.79 Å². The molecule has 1 unspecified atom stereocenters. The van der Waals surface area contributed by atoms with E-state index in [9.17, 15) is 4.79 Å². The van der Waals surface area contributed by atoms with Gasteiger partial charge in [0.2, 0.25) is 5.91 Å². The molecule has 2 N–H and O–H groups in total. The molecule has 5 heteroatoms. The molecule has 1 saturated carbocycles. The molecule has 1 aliphatic carbocycles. The fourth-order valence-corrected chi connectivity index (χ4v) is 4.15. The van der Waals surface area contributed by atoms with E-state index in [4.69, 9.17) is 9.47 Å². The minimum atomic E-state index is -0.483. The highest BCUT2D eigenvalue weighted by Crippen LogP contribution is 2.46. The van der Waals surface area contributed by atoms with Crippen molar-refractivity contribution in [1.29, 1.82) is 0 Å². The molecule has 1 heterocycles. The van der Waals surface area contributed by atoms with Gasteiger partial charge in [0.15, 0.2) is 11.5 Å². The van der Waals surface area contributed by atoms with Gasteiger partial charge in [0.1, 0.15) is 6.04 Å². The fourth-order valence-electron chi connectivity index (χ4n) is 4.15. The number of nitrogens with one attached hydrogen (secondary N) is 2. The molecule has 2 aromatic carbocycles. The number of rotatable bonds is 5. The number of carbonyl (C=O) groups excluding carboxylic acids is 1. The van der Waals surface area contributed by atoms with Gasteiger partial charge in [0.25, 0.3) is 5.79 Å². The first-order chi connectivity index (χ1) is 14.0. The number of anilines is 2. The lowest BCUT2D eigenvalue weighted by Gasteiger charge is -2.31. The van der Waals surface area contributed by atoms with Gasteiger partial charge in [-0.15, -0.1) is 0 Å². The molecule has 1 spiro atoms. The molecule has 0 radical (unpaired) electrons. The van der Waals surface area contributed by atoms with Crippen LogP contribution in [0.2, 0.25) is 0 Å². The number of fused-ring (bicyclic) bond motifs is 1. The standard InChI is InChI=1S/C24H30N2O3/c1-16(2)19-9-5-6-10-20(19)26-23(27)17(3)25-18-11-12-21-22(15-18)29-24(28-21)13-7-4-8-14-24/h5-6,9-12,15-17,25H,4,7-8,13-14H2,1-3H3,(H,26,27). The molecular weight excluding hydrogens is 364 g/mol. The van der Waals surface area contributed by atoms with Crippen LogP contribution in [0.5, 0.6) is 11.5 Å². The van der Waals surface area contributed by atoms with Gasteiger partial charge in [-0.25, -0.2) is 0 Å². The van der Waals surface area contributed by atoms with Crippen LogP contribution < -0.4 is 20.1 Å². The van der Waals surface area contributed by atoms with Gasteiger partial charge in [-0.05, 0) is 49.4 Å². The molecule has 1 aliphatic heterocycles. The quantitative estimate of drug-likeness (QED) is 0.685. The Morgan fingerprint density at radius 2 is 1.69 bits per heavy atom. The predicted molar refractivity (Wildman–Crippen MR) is 116 cm³/mol. The van der Waals surface area contributed by atoms with E-state index < -0.39 is 5.79 Å². The predicted octanol–water partition coefficient (Wildman–Crippen LogP) is 5.68. The lowest BCUT2D eigenvalue weighted by Crippen LogP contribution is -2.40. The van der Waals surface area contributed by atoms with Crippen molar-refractivity contribution in [2.75, 3.05) is 10.6 Å². The molecule has 1 fully saturated rings. The Bertz CT molecular complexity index is 887. The minimum absolute atomic E-state index is 0.0699. The molecule has 0 aromatic heterocycles. The Balaban J connectivity index is 1.41. The third kappa shape index (κ3) is 4.19. The molecule has 154 valence electrons. The van der Waals surface area contributed by atoms with Crippen molar-refractivity contribution >= 4 is 17.3 Å². The second kappa shape index (κ2) is 7.97. The van der Waals surface area contributed by atoms with E-state index in [2.05, 4.69) is 30.5 Å². The van der Waals surface area contributed by atoms with Crippen LogP contribution in [-0.2, 0) is 4.79 Å². The summed E-state index contributed by atoms with van der Waals surface area (Å²) in [6.45, 7) is 6.11. The maximum atomic E-state index is 12.7. The smallest absolute Gasteiger partial charge is 0.251 e. The van der Waals surface area contributed by atoms with Crippen LogP contribution in [0.25, 0.3) is 0 Å². The number of ether oxygens (including phenoxy) is 2. The average Bonchev–Trinajstić information content (AvgIpc) is 3.05. The van der Waals surface area contributed by atoms with Crippen molar-refractivity contribution < 1.29 is 14.3 Å². The number of amides is 1. The van der Waals surface area contributed by atoms with Crippen LogP contribution >= 0.6 is 0 Å². The van der Waals surface area contributed by atoms with Crippen LogP contribution in [0.15, 0.2) is 42.5 Å². The Kier molecular flexibility index (Phi) is 5.39. The van der Waals surface area contributed by atoms with Crippen molar-refractivity contribution in [2.24, 2.45) is 0 Å². The number of hydrogen-bond acceptors (Lipinski definition) is 4. The first kappa shape index (κ1) is 19.6. The number of para-hydroxylation sites is 1. The zero-order valence-corrected chi connectivity index (χ0v) is 17.5. The largest absolute Gasteiger partial charge is 0.448 e. The Hall–Kier alpha value is -2.69. The number of carbonyl (C=O) groups is 1. The van der Waals surface area contributed by atoms with Crippen molar-refractivity contribution in [2.45, 2.75) is 70.6 Å². The van der Waals surface area contributed by atoms with Gasteiger partial charge in [0, 0.05) is 30.3 Å². The topological polar surface area (TPSA) is 59.6 Å². The molecule has 5 nitrogen and oxygen atoms in total. The van der Waals surface area contributed by atoms with Gasteiger partial charge < -0.3 is 20.1 Å². The van der Waals surface area contributed by atoms with Crippen LogP contribution in [0, 0.1) is 0 Å². The third-order valence-corrected chi connectivity index (χ3v) is 5.77. The maximum Gasteiger partial charge on any atom is 0.251 e. The van der Waals surface area contributed by atoms with E-state index >= 15 is 0 Å². The second-order valence-corrected chi connectivity index (χ2v) is 8.43. The van der Waals surface area contributed by atoms with E-state index in [1.165, 1.54) is 6.42 Å². The summed E-state index contributed by atoms with van der Waals surface area (Å²) < 4.78 is 12.3. The Labute approximate surface area is 172 Å². The van der Waals surface area contributed by atoms with Gasteiger partial charge >= 0.3 is 0 Å². The summed E-state index contributed by atoms with van der Waals surface area (Å²) in [7, 11) is 0. The highest BCUT2D eigenvalue weighted by Gasteiger charge is 2.42. The van der Waals surface area contributed by atoms with Crippen LogP contribution in [0.1, 0.15) is 64.4 Å². The van der Waals surface area contributed by atoms with Gasteiger partial charge in [-0.1, -0.05) is 38.5 Å². The van der Waals surface area contributed by atoms with E-state index in [1.54, 1.807) is 0 Å². The SMILES string of the molecule is CC(Nc1ccc2c(c1)OC1(CCCCC1)O2)C(=O)Nc1ccccc1C(C)C. The summed E-state index contributed by atoms with van der Waals surface area (Å²) >= 11 is 0. The zero-order valence-electron chi connectivity index (χ0n) is 17.5. The van der Waals surface area contributed by atoms with Crippen LogP contribution in [-0.4, -0.2) is 17.7 Å². The lowest BCUT2D eigenvalue weighted by atomic mass is 9.94. The maximum absolute atomic E-state index is 12.7. The third-order valence-electron chi connectivity index (χ3n) is 5.77. The summed E-state index contributed by atoms with van der Waals surface area (Å²) in [5.74, 6) is 1.34. The van der Waals surface area contributed by atoms with Crippen molar-refractivity contribution in [3.63, 3.8) is 0 Å². The highest BCUT2D eigenvalue weighted by atomic mass is 16.7. The van der Waals surface area contributed by atoms with Crippen molar-refractivity contribution in [1.82, 2.24) is 0 Å². The fraction of sp³-hybridized carbons (Fsp3) is 0.458. The summed E-state index contributed by atoms with van der Waals surface area (Å²) in [6.07, 6.45) is 5.36. The van der Waals surface area contributed by atoms with Gasteiger partial charge in [-0.2, -0.15) is 0 Å². The summed E-state index contributed by atoms with van der Waals surface area (Å²) in [4.78, 5) is 12.7. The first-order valence-corrected chi connectivity index (χ1v) is 10.6. The molecule has 0 saturated heterocycles. The van der Waals surface area contributed by atoms with Gasteiger partial charge in [0.05, 0.1) is 0 Å².